The van der Waals surface area contributed by atoms with Crippen LogP contribution in [0.2, 0.25) is 0 Å². The summed E-state index contributed by atoms with van der Waals surface area (Å²) in [5, 5.41) is 1.88. The molecule has 1 aliphatic carbocycles. The van der Waals surface area contributed by atoms with Crippen molar-refractivity contribution < 1.29 is 4.42 Å². The van der Waals surface area contributed by atoms with Crippen LogP contribution in [-0.2, 0) is 13.1 Å². The Bertz CT molecular complexity index is 684. The van der Waals surface area contributed by atoms with Crippen LogP contribution in [-0.4, -0.2) is 46.2 Å². The van der Waals surface area contributed by atoms with E-state index in [4.69, 9.17) is 4.42 Å². The molecule has 1 aliphatic heterocycles. The van der Waals surface area contributed by atoms with E-state index in [1.807, 2.05) is 24.2 Å². The predicted octanol–water partition coefficient (Wildman–Crippen LogP) is 4.81. The molecule has 0 aromatic carbocycles. The number of rotatable bonds is 6. The Morgan fingerprint density at radius 1 is 0.852 bits per heavy atom. The van der Waals surface area contributed by atoms with Gasteiger partial charge in [0.05, 0.1) is 6.54 Å². The first-order valence-corrected chi connectivity index (χ1v) is 11.3. The molecule has 0 unspecified atom stereocenters. The summed E-state index contributed by atoms with van der Waals surface area (Å²) in [5.41, 5.74) is 1.36. The molecule has 2 fully saturated rings. The number of nitrogens with zero attached hydrogens (tertiary/aromatic N) is 3. The summed E-state index contributed by atoms with van der Waals surface area (Å²) in [7, 11) is 0. The van der Waals surface area contributed by atoms with Crippen molar-refractivity contribution >= 4 is 11.8 Å². The summed E-state index contributed by atoms with van der Waals surface area (Å²) in [6, 6.07) is 8.61. The van der Waals surface area contributed by atoms with Gasteiger partial charge in [0.15, 0.2) is 5.09 Å². The van der Waals surface area contributed by atoms with Crippen molar-refractivity contribution in [3.63, 3.8) is 0 Å². The molecular formula is C22H31N3OS. The zero-order chi connectivity index (χ0) is 18.3. The summed E-state index contributed by atoms with van der Waals surface area (Å²) in [6.45, 7) is 6.51. The van der Waals surface area contributed by atoms with Gasteiger partial charge < -0.3 is 4.42 Å². The first-order chi connectivity index (χ1) is 13.3. The first-order valence-electron chi connectivity index (χ1n) is 10.4. The third-order valence-electron chi connectivity index (χ3n) is 5.69. The highest BCUT2D eigenvalue weighted by atomic mass is 32.2. The second kappa shape index (κ2) is 9.76. The van der Waals surface area contributed by atoms with E-state index in [1.54, 1.807) is 0 Å². The van der Waals surface area contributed by atoms with Crippen LogP contribution in [0.25, 0.3) is 0 Å². The number of pyridine rings is 1. The maximum atomic E-state index is 6.15. The molecule has 1 saturated heterocycles. The predicted molar refractivity (Wildman–Crippen MR) is 111 cm³/mol. The molecular weight excluding hydrogens is 354 g/mol. The summed E-state index contributed by atoms with van der Waals surface area (Å²) in [5.74, 6) is 1.12. The minimum atomic E-state index is 0.762. The second-order valence-electron chi connectivity index (χ2n) is 7.86. The third kappa shape index (κ3) is 5.84. The minimum Gasteiger partial charge on any atom is -0.454 e. The summed E-state index contributed by atoms with van der Waals surface area (Å²) < 4.78 is 6.15. The topological polar surface area (TPSA) is 32.5 Å². The number of furan rings is 1. The van der Waals surface area contributed by atoms with E-state index in [-0.39, 0.29) is 0 Å². The van der Waals surface area contributed by atoms with Crippen LogP contribution in [0, 0.1) is 0 Å². The van der Waals surface area contributed by atoms with Crippen LogP contribution >= 0.6 is 11.8 Å². The molecule has 4 nitrogen and oxygen atoms in total. The van der Waals surface area contributed by atoms with Gasteiger partial charge in [0.25, 0.3) is 0 Å². The number of hydrogen-bond donors (Lipinski definition) is 0. The molecule has 2 aromatic rings. The van der Waals surface area contributed by atoms with Gasteiger partial charge in [0, 0.05) is 37.3 Å². The van der Waals surface area contributed by atoms with E-state index in [0.29, 0.717) is 0 Å². The fourth-order valence-electron chi connectivity index (χ4n) is 4.16. The highest BCUT2D eigenvalue weighted by Gasteiger charge is 2.19. The lowest BCUT2D eigenvalue weighted by molar-refractivity contribution is 0.230. The zero-order valence-corrected chi connectivity index (χ0v) is 17.0. The van der Waals surface area contributed by atoms with Crippen molar-refractivity contribution in [2.45, 2.75) is 62.0 Å². The normalized spacial score (nSPS) is 20.6. The molecule has 0 bridgehead atoms. The second-order valence-corrected chi connectivity index (χ2v) is 9.16. The molecule has 3 heterocycles. The van der Waals surface area contributed by atoms with Gasteiger partial charge in [-0.1, -0.05) is 31.0 Å². The average molecular weight is 386 g/mol. The van der Waals surface area contributed by atoms with Gasteiger partial charge in [-0.25, -0.2) is 0 Å². The highest BCUT2D eigenvalue weighted by Crippen LogP contribution is 2.34. The summed E-state index contributed by atoms with van der Waals surface area (Å²) >= 11 is 1.95. The Kier molecular flexibility index (Phi) is 6.88. The Morgan fingerprint density at radius 2 is 1.59 bits per heavy atom. The summed E-state index contributed by atoms with van der Waals surface area (Å²) in [4.78, 5) is 9.22. The fourth-order valence-corrected chi connectivity index (χ4v) is 5.36. The van der Waals surface area contributed by atoms with E-state index < -0.39 is 0 Å². The van der Waals surface area contributed by atoms with Gasteiger partial charge in [-0.3, -0.25) is 14.8 Å². The highest BCUT2D eigenvalue weighted by molar-refractivity contribution is 7.99. The molecule has 5 heteroatoms. The molecule has 4 rings (SSSR count). The van der Waals surface area contributed by atoms with E-state index >= 15 is 0 Å². The van der Waals surface area contributed by atoms with Gasteiger partial charge in [-0.05, 0) is 62.2 Å². The van der Waals surface area contributed by atoms with Gasteiger partial charge in [0.2, 0.25) is 0 Å². The van der Waals surface area contributed by atoms with Crippen molar-refractivity contribution in [2.24, 2.45) is 0 Å². The molecule has 0 N–H and O–H groups in total. The lowest BCUT2D eigenvalue weighted by Gasteiger charge is -2.21. The molecule has 1 saturated carbocycles. The standard InChI is InChI=1S/C22H31N3OS/c1-2-5-21(6-3-1)27-22-8-7-20(26-22)18-25-14-4-13-24(15-16-25)17-19-9-11-23-12-10-19/h7-12,21H,1-6,13-18H2. The molecule has 27 heavy (non-hydrogen) atoms. The Hall–Kier alpha value is -1.30. The first kappa shape index (κ1) is 19.0. The van der Waals surface area contributed by atoms with Gasteiger partial charge in [-0.15, -0.1) is 0 Å². The van der Waals surface area contributed by atoms with Crippen LogP contribution < -0.4 is 0 Å². The van der Waals surface area contributed by atoms with Gasteiger partial charge in [0.1, 0.15) is 5.76 Å². The van der Waals surface area contributed by atoms with E-state index in [1.165, 1.54) is 50.6 Å². The average Bonchev–Trinajstić information content (AvgIpc) is 3.02. The largest absolute Gasteiger partial charge is 0.454 e. The zero-order valence-electron chi connectivity index (χ0n) is 16.2. The SMILES string of the molecule is c1cc(CN2CCCN(Cc3ccc(SC4CCCCC4)o3)CC2)ccn1. The van der Waals surface area contributed by atoms with Crippen molar-refractivity contribution in [2.75, 3.05) is 26.2 Å². The molecule has 0 spiro atoms. The van der Waals surface area contributed by atoms with Crippen LogP contribution in [0.3, 0.4) is 0 Å². The number of hydrogen-bond acceptors (Lipinski definition) is 5. The van der Waals surface area contributed by atoms with Crippen molar-refractivity contribution in [3.05, 3.63) is 48.0 Å². The summed E-state index contributed by atoms with van der Waals surface area (Å²) in [6.07, 6.45) is 11.9. The fraction of sp³-hybridized carbons (Fsp3) is 0.591. The van der Waals surface area contributed by atoms with Crippen molar-refractivity contribution in [1.29, 1.82) is 0 Å². The van der Waals surface area contributed by atoms with Crippen molar-refractivity contribution in [1.82, 2.24) is 14.8 Å². The number of aromatic nitrogens is 1. The van der Waals surface area contributed by atoms with Crippen LogP contribution in [0.15, 0.2) is 46.2 Å². The van der Waals surface area contributed by atoms with E-state index in [2.05, 4.69) is 39.0 Å². The third-order valence-corrected chi connectivity index (χ3v) is 6.94. The quantitative estimate of drug-likeness (QED) is 0.713. The maximum Gasteiger partial charge on any atom is 0.160 e. The molecule has 0 amide bonds. The Morgan fingerprint density at radius 3 is 2.37 bits per heavy atom. The lowest BCUT2D eigenvalue weighted by atomic mass is 10.0. The molecule has 0 atom stereocenters. The Balaban J connectivity index is 1.25. The van der Waals surface area contributed by atoms with Crippen LogP contribution in [0.4, 0.5) is 0 Å². The monoisotopic (exact) mass is 385 g/mol. The molecule has 146 valence electrons. The van der Waals surface area contributed by atoms with E-state index in [0.717, 1.165) is 48.8 Å². The Labute approximate surface area is 167 Å². The maximum absolute atomic E-state index is 6.15. The van der Waals surface area contributed by atoms with Gasteiger partial charge >= 0.3 is 0 Å². The molecule has 2 aromatic heterocycles. The lowest BCUT2D eigenvalue weighted by Crippen LogP contribution is -2.30. The molecule has 0 radical (unpaired) electrons. The van der Waals surface area contributed by atoms with Crippen LogP contribution in [0.5, 0.6) is 0 Å². The van der Waals surface area contributed by atoms with Crippen molar-refractivity contribution in [3.8, 4) is 0 Å². The smallest absolute Gasteiger partial charge is 0.160 e. The van der Waals surface area contributed by atoms with E-state index in [9.17, 15) is 0 Å². The number of thioether (sulfide) groups is 1. The van der Waals surface area contributed by atoms with Gasteiger partial charge in [-0.2, -0.15) is 0 Å². The van der Waals surface area contributed by atoms with Crippen LogP contribution in [0.1, 0.15) is 49.8 Å². The molecule has 2 aliphatic rings. The minimum absolute atomic E-state index is 0.762.